The van der Waals surface area contributed by atoms with Crippen LogP contribution in [0.5, 0.6) is 0 Å². The fourth-order valence-electron chi connectivity index (χ4n) is 7.10. The second kappa shape index (κ2) is 10.3. The van der Waals surface area contributed by atoms with Crippen molar-refractivity contribution >= 4 is 61.1 Å². The maximum absolute atomic E-state index is 6.63. The summed E-state index contributed by atoms with van der Waals surface area (Å²) >= 11 is 1.78. The van der Waals surface area contributed by atoms with E-state index >= 15 is 0 Å². The lowest BCUT2D eigenvalue weighted by Gasteiger charge is -2.27. The number of hydrogen-bond donors (Lipinski definition) is 0. The second-order valence-electron chi connectivity index (χ2n) is 12.0. The van der Waals surface area contributed by atoms with E-state index in [1.807, 2.05) is 12.1 Å². The van der Waals surface area contributed by atoms with E-state index in [0.717, 1.165) is 60.8 Å². The van der Waals surface area contributed by atoms with Crippen molar-refractivity contribution in [3.8, 4) is 43.4 Å². The Hall–Kier alpha value is -5.97. The van der Waals surface area contributed by atoms with Crippen LogP contribution in [0.3, 0.4) is 0 Å². The van der Waals surface area contributed by atoms with Crippen LogP contribution in [0.1, 0.15) is 0 Å². The Labute approximate surface area is 275 Å². The van der Waals surface area contributed by atoms with Gasteiger partial charge in [0.25, 0.3) is 0 Å². The highest BCUT2D eigenvalue weighted by Gasteiger charge is 2.29. The molecule has 47 heavy (non-hydrogen) atoms. The maximum Gasteiger partial charge on any atom is 0.159 e. The Balaban J connectivity index is 1.23. The summed E-state index contributed by atoms with van der Waals surface area (Å²) in [4.78, 5) is 8.85. The van der Waals surface area contributed by atoms with Crippen LogP contribution in [-0.2, 0) is 0 Å². The molecule has 9 aromatic rings. The van der Waals surface area contributed by atoms with E-state index < -0.39 is 0 Å². The predicted octanol–water partition coefficient (Wildman–Crippen LogP) is 12.6. The third kappa shape index (κ3) is 4.09. The predicted molar refractivity (Wildman–Crippen MR) is 197 cm³/mol. The first kappa shape index (κ1) is 26.3. The molecule has 0 atom stereocenters. The van der Waals surface area contributed by atoms with Crippen LogP contribution >= 0.6 is 11.3 Å². The summed E-state index contributed by atoms with van der Waals surface area (Å²) in [6.45, 7) is 0. The minimum absolute atomic E-state index is 0.866. The Bertz CT molecular complexity index is 2640. The second-order valence-corrected chi connectivity index (χ2v) is 13.0. The van der Waals surface area contributed by atoms with Gasteiger partial charge in [0.2, 0.25) is 0 Å². The largest absolute Gasteiger partial charge is 0.454 e. The summed E-state index contributed by atoms with van der Waals surface area (Å²) < 4.78 is 6.63. The van der Waals surface area contributed by atoms with Crippen molar-refractivity contribution in [2.24, 2.45) is 0 Å². The lowest BCUT2D eigenvalue weighted by Crippen LogP contribution is -2.10. The van der Waals surface area contributed by atoms with E-state index in [1.54, 1.807) is 11.3 Å². The van der Waals surface area contributed by atoms with Crippen LogP contribution in [0.25, 0.3) is 76.1 Å². The highest BCUT2D eigenvalue weighted by Crippen LogP contribution is 2.53. The number of nitrogens with zero attached hydrogens (tertiary/aromatic N) is 2. The standard InChI is InChI=1S/C43H26N2OS/c1-3-12-27(13-4-1)29-16-9-18-31(24-29)45(37-22-11-20-34-33-19-7-8-23-38(33)46-41(34)37)32-25-30-17-10-21-35-39(30)36(26-32)40-42(35)47-43(44-40)28-14-5-2-6-15-28/h1-26H. The van der Waals surface area contributed by atoms with Gasteiger partial charge >= 0.3 is 0 Å². The average Bonchev–Trinajstić information content (AvgIpc) is 3.82. The van der Waals surface area contributed by atoms with Gasteiger partial charge < -0.3 is 9.32 Å². The minimum atomic E-state index is 0.866. The third-order valence-corrected chi connectivity index (χ3v) is 10.3. The number of hydrogen-bond acceptors (Lipinski definition) is 4. The molecule has 220 valence electrons. The monoisotopic (exact) mass is 618 g/mol. The molecule has 0 spiro atoms. The molecule has 0 unspecified atom stereocenters. The molecule has 0 aliphatic heterocycles. The summed E-state index contributed by atoms with van der Waals surface area (Å²) in [6, 6.07) is 55.9. The van der Waals surface area contributed by atoms with Gasteiger partial charge in [-0.15, -0.1) is 11.3 Å². The van der Waals surface area contributed by atoms with E-state index in [-0.39, 0.29) is 0 Å². The Kier molecular flexibility index (Phi) is 5.74. The number of anilines is 3. The van der Waals surface area contributed by atoms with Crippen molar-refractivity contribution in [2.75, 3.05) is 4.90 Å². The van der Waals surface area contributed by atoms with Crippen molar-refractivity contribution in [3.05, 3.63) is 158 Å². The molecule has 1 aliphatic rings. The number of furan rings is 1. The smallest absolute Gasteiger partial charge is 0.159 e. The Morgan fingerprint density at radius 2 is 1.26 bits per heavy atom. The van der Waals surface area contributed by atoms with Gasteiger partial charge in [-0.2, -0.15) is 0 Å². The summed E-state index contributed by atoms with van der Waals surface area (Å²) in [5, 5.41) is 5.73. The summed E-state index contributed by atoms with van der Waals surface area (Å²) in [5.41, 5.74) is 11.8. The number of rotatable bonds is 5. The summed E-state index contributed by atoms with van der Waals surface area (Å²) in [7, 11) is 0. The first-order valence-electron chi connectivity index (χ1n) is 15.8. The van der Waals surface area contributed by atoms with Gasteiger partial charge in [-0.1, -0.05) is 121 Å². The highest BCUT2D eigenvalue weighted by molar-refractivity contribution is 7.19. The van der Waals surface area contributed by atoms with Crippen LogP contribution in [0.15, 0.2) is 162 Å². The Morgan fingerprint density at radius 1 is 0.532 bits per heavy atom. The molecule has 4 heteroatoms. The highest BCUT2D eigenvalue weighted by atomic mass is 32.1. The molecule has 0 N–H and O–H groups in total. The molecule has 10 rings (SSSR count). The number of para-hydroxylation sites is 2. The van der Waals surface area contributed by atoms with Gasteiger partial charge in [-0.25, -0.2) is 4.98 Å². The topological polar surface area (TPSA) is 29.3 Å². The maximum atomic E-state index is 6.63. The summed E-state index contributed by atoms with van der Waals surface area (Å²) in [5.74, 6) is 0. The van der Waals surface area contributed by atoms with Crippen molar-refractivity contribution in [2.45, 2.75) is 0 Å². The third-order valence-electron chi connectivity index (χ3n) is 9.20. The van der Waals surface area contributed by atoms with Gasteiger partial charge in [-0.05, 0) is 58.3 Å². The summed E-state index contributed by atoms with van der Waals surface area (Å²) in [6.07, 6.45) is 0. The zero-order chi connectivity index (χ0) is 30.9. The first-order valence-corrected chi connectivity index (χ1v) is 16.6. The molecular weight excluding hydrogens is 593 g/mol. The van der Waals surface area contributed by atoms with Gasteiger partial charge in [0, 0.05) is 38.8 Å². The van der Waals surface area contributed by atoms with Gasteiger partial charge in [0.1, 0.15) is 10.6 Å². The van der Waals surface area contributed by atoms with Crippen LogP contribution < -0.4 is 4.90 Å². The normalized spacial score (nSPS) is 11.8. The van der Waals surface area contributed by atoms with E-state index in [1.165, 1.54) is 32.3 Å². The van der Waals surface area contributed by atoms with Crippen molar-refractivity contribution in [3.63, 3.8) is 0 Å². The van der Waals surface area contributed by atoms with Gasteiger partial charge in [0.05, 0.1) is 16.3 Å². The molecule has 7 aromatic carbocycles. The first-order chi connectivity index (χ1) is 23.3. The number of fused-ring (bicyclic) bond motifs is 6. The van der Waals surface area contributed by atoms with E-state index in [0.29, 0.717) is 0 Å². The molecule has 0 saturated carbocycles. The van der Waals surface area contributed by atoms with E-state index in [2.05, 4.69) is 150 Å². The number of thiazole rings is 1. The van der Waals surface area contributed by atoms with Crippen molar-refractivity contribution in [1.82, 2.24) is 4.98 Å². The zero-order valence-corrected chi connectivity index (χ0v) is 26.0. The molecule has 0 radical (unpaired) electrons. The van der Waals surface area contributed by atoms with E-state index in [4.69, 9.17) is 9.40 Å². The lowest BCUT2D eigenvalue weighted by molar-refractivity contribution is 0.669. The number of benzene rings is 7. The van der Waals surface area contributed by atoms with Crippen LogP contribution in [-0.4, -0.2) is 4.98 Å². The van der Waals surface area contributed by atoms with Crippen LogP contribution in [0.2, 0.25) is 0 Å². The van der Waals surface area contributed by atoms with Gasteiger partial charge in [0.15, 0.2) is 5.58 Å². The van der Waals surface area contributed by atoms with Crippen molar-refractivity contribution < 1.29 is 4.42 Å². The fourth-order valence-corrected chi connectivity index (χ4v) is 8.21. The molecule has 0 saturated heterocycles. The SMILES string of the molecule is c1ccc(-c2cccc(N(c3cc4c5c(cccc5c3)-c3sc(-c5ccccc5)nc3-4)c3cccc4c3oc3ccccc34)c2)cc1. The molecule has 2 heterocycles. The minimum Gasteiger partial charge on any atom is -0.454 e. The lowest BCUT2D eigenvalue weighted by atomic mass is 10.0. The average molecular weight is 619 g/mol. The van der Waals surface area contributed by atoms with E-state index in [9.17, 15) is 0 Å². The molecule has 0 bridgehead atoms. The molecule has 2 aromatic heterocycles. The molecule has 1 aliphatic carbocycles. The quantitative estimate of drug-likeness (QED) is 0.192. The van der Waals surface area contributed by atoms with Crippen LogP contribution in [0, 0.1) is 0 Å². The molecule has 3 nitrogen and oxygen atoms in total. The fraction of sp³-hybridized carbons (Fsp3) is 0. The molecular formula is C43H26N2OS. The van der Waals surface area contributed by atoms with Crippen molar-refractivity contribution in [1.29, 1.82) is 0 Å². The van der Waals surface area contributed by atoms with Crippen LogP contribution in [0.4, 0.5) is 17.1 Å². The molecule has 0 fully saturated rings. The zero-order valence-electron chi connectivity index (χ0n) is 25.2. The van der Waals surface area contributed by atoms with Gasteiger partial charge in [-0.3, -0.25) is 0 Å². The Morgan fingerprint density at radius 3 is 2.13 bits per heavy atom. The molecule has 0 amide bonds. The number of aromatic nitrogens is 1.